The number of carboxylic acids is 1. The minimum atomic E-state index is -3.96. The van der Waals surface area contributed by atoms with E-state index in [4.69, 9.17) is 9.47 Å². The molecule has 136 valence electrons. The van der Waals surface area contributed by atoms with Gasteiger partial charge in [-0.05, 0) is 37.3 Å². The number of sulfonamides is 1. The van der Waals surface area contributed by atoms with E-state index in [1.54, 1.807) is 6.07 Å². The van der Waals surface area contributed by atoms with Crippen LogP contribution in [-0.2, 0) is 14.8 Å². The van der Waals surface area contributed by atoms with Gasteiger partial charge in [0.1, 0.15) is 13.2 Å². The second kappa shape index (κ2) is 6.17. The number of benzene rings is 1. The average molecular weight is 366 g/mol. The fraction of sp³-hybridized carbons (Fsp3) is 0.588. The van der Waals surface area contributed by atoms with Crippen molar-refractivity contribution in [2.75, 3.05) is 13.2 Å². The van der Waals surface area contributed by atoms with Gasteiger partial charge in [-0.25, -0.2) is 8.42 Å². The van der Waals surface area contributed by atoms with Crippen LogP contribution in [0.2, 0.25) is 0 Å². The van der Waals surface area contributed by atoms with Crippen LogP contribution < -0.4 is 14.6 Å². The summed E-state index contributed by atoms with van der Waals surface area (Å²) in [7, 11) is -3.96. The lowest BCUT2D eigenvalue weighted by atomic mass is 9.85. The Morgan fingerprint density at radius 3 is 2.60 bits per heavy atom. The summed E-state index contributed by atoms with van der Waals surface area (Å²) in [5.41, 5.74) is 0. The molecule has 1 saturated heterocycles. The predicted octanol–water partition coefficient (Wildman–Crippen LogP) is 0.529. The Hall–Kier alpha value is -1.80. The Morgan fingerprint density at radius 2 is 1.84 bits per heavy atom. The highest BCUT2D eigenvalue weighted by Gasteiger charge is 2.48. The van der Waals surface area contributed by atoms with Crippen molar-refractivity contribution in [2.24, 2.45) is 5.92 Å². The molecule has 7 nitrogen and oxygen atoms in total. The Morgan fingerprint density at radius 1 is 1.12 bits per heavy atom. The molecule has 2 aliphatic heterocycles. The topological polar surface area (TPSA) is 96.0 Å². The second-order valence-electron chi connectivity index (χ2n) is 6.82. The van der Waals surface area contributed by atoms with Gasteiger partial charge in [-0.1, -0.05) is 12.8 Å². The predicted molar refractivity (Wildman–Crippen MR) is 85.6 cm³/mol. The molecule has 0 bridgehead atoms. The highest BCUT2D eigenvalue weighted by molar-refractivity contribution is 7.89. The van der Waals surface area contributed by atoms with Gasteiger partial charge in [-0.3, -0.25) is 0 Å². The summed E-state index contributed by atoms with van der Waals surface area (Å²) in [6, 6.07) is 3.06. The summed E-state index contributed by atoms with van der Waals surface area (Å²) >= 11 is 0. The van der Waals surface area contributed by atoms with E-state index in [1.807, 2.05) is 0 Å². The highest BCUT2D eigenvalue weighted by atomic mass is 32.2. The zero-order valence-electron chi connectivity index (χ0n) is 13.7. The Kier molecular flexibility index (Phi) is 4.11. The van der Waals surface area contributed by atoms with Crippen LogP contribution in [0.5, 0.6) is 11.5 Å². The van der Waals surface area contributed by atoms with Gasteiger partial charge in [-0.2, -0.15) is 4.31 Å². The molecule has 3 atom stereocenters. The molecule has 0 unspecified atom stereocenters. The SMILES string of the molecule is O=C([O-])[C@H]1C[C@H]2CCCC[C@H]2N1S(=O)(=O)c1ccc2c(c1)OCCO2. The summed E-state index contributed by atoms with van der Waals surface area (Å²) in [6.07, 6.45) is 3.81. The molecule has 2 heterocycles. The number of hydrogen-bond donors (Lipinski definition) is 0. The van der Waals surface area contributed by atoms with Crippen LogP contribution in [0.15, 0.2) is 23.1 Å². The number of hydrogen-bond acceptors (Lipinski definition) is 6. The van der Waals surface area contributed by atoms with Gasteiger partial charge in [0.05, 0.1) is 16.9 Å². The monoisotopic (exact) mass is 366 g/mol. The Labute approximate surface area is 146 Å². The van der Waals surface area contributed by atoms with Gasteiger partial charge in [0, 0.05) is 12.1 Å². The van der Waals surface area contributed by atoms with E-state index in [1.165, 1.54) is 16.4 Å². The van der Waals surface area contributed by atoms with Crippen LogP contribution in [-0.4, -0.2) is 44.0 Å². The second-order valence-corrected chi connectivity index (χ2v) is 8.67. The van der Waals surface area contributed by atoms with E-state index >= 15 is 0 Å². The zero-order valence-corrected chi connectivity index (χ0v) is 14.5. The standard InChI is InChI=1S/C17H21NO6S/c19-17(20)14-9-11-3-1-2-4-13(11)18(14)25(21,22)12-5-6-15-16(10-12)24-8-7-23-15/h5-6,10-11,13-14H,1-4,7-9H2,(H,19,20)/p-1/t11-,13-,14-/m1/s1. The molecule has 2 fully saturated rings. The number of carbonyl (C=O) groups is 1. The molecular formula is C17H20NO6S-. The van der Waals surface area contributed by atoms with Crippen molar-refractivity contribution >= 4 is 16.0 Å². The van der Waals surface area contributed by atoms with Crippen molar-refractivity contribution in [3.05, 3.63) is 18.2 Å². The molecule has 0 spiro atoms. The quantitative estimate of drug-likeness (QED) is 0.774. The van der Waals surface area contributed by atoms with Crippen LogP contribution >= 0.6 is 0 Å². The van der Waals surface area contributed by atoms with Gasteiger partial charge in [0.2, 0.25) is 10.0 Å². The summed E-state index contributed by atoms with van der Waals surface area (Å²) in [5.74, 6) is -0.366. The van der Waals surface area contributed by atoms with Gasteiger partial charge >= 0.3 is 0 Å². The van der Waals surface area contributed by atoms with Crippen molar-refractivity contribution in [1.29, 1.82) is 0 Å². The lowest BCUT2D eigenvalue weighted by Gasteiger charge is -2.33. The molecule has 25 heavy (non-hydrogen) atoms. The smallest absolute Gasteiger partial charge is 0.244 e. The van der Waals surface area contributed by atoms with Crippen LogP contribution in [0, 0.1) is 5.92 Å². The summed E-state index contributed by atoms with van der Waals surface area (Å²) < 4.78 is 38.5. The fourth-order valence-corrected chi connectivity index (χ4v) is 6.15. The van der Waals surface area contributed by atoms with Gasteiger partial charge in [0.15, 0.2) is 11.5 Å². The first kappa shape index (κ1) is 16.7. The Balaban J connectivity index is 1.73. The largest absolute Gasteiger partial charge is 0.548 e. The molecule has 1 aliphatic carbocycles. The minimum absolute atomic E-state index is 0.0363. The van der Waals surface area contributed by atoms with Crippen molar-refractivity contribution in [3.63, 3.8) is 0 Å². The molecule has 1 aromatic rings. The maximum atomic E-state index is 13.2. The van der Waals surface area contributed by atoms with Crippen molar-refractivity contribution in [3.8, 4) is 11.5 Å². The molecule has 1 saturated carbocycles. The van der Waals surface area contributed by atoms with Gasteiger partial charge in [0.25, 0.3) is 0 Å². The lowest BCUT2D eigenvalue weighted by Crippen LogP contribution is -2.50. The van der Waals surface area contributed by atoms with E-state index in [2.05, 4.69) is 0 Å². The van der Waals surface area contributed by atoms with E-state index in [9.17, 15) is 18.3 Å². The first-order chi connectivity index (χ1) is 12.0. The van der Waals surface area contributed by atoms with E-state index in [0.29, 0.717) is 37.6 Å². The summed E-state index contributed by atoms with van der Waals surface area (Å²) in [5, 5.41) is 11.6. The number of nitrogens with zero attached hydrogens (tertiary/aromatic N) is 1. The van der Waals surface area contributed by atoms with Crippen LogP contribution in [0.1, 0.15) is 32.1 Å². The molecule has 1 aromatic carbocycles. The molecule has 8 heteroatoms. The Bertz CT molecular complexity index is 792. The lowest BCUT2D eigenvalue weighted by molar-refractivity contribution is -0.310. The maximum Gasteiger partial charge on any atom is 0.244 e. The third kappa shape index (κ3) is 2.77. The number of aliphatic carboxylic acids is 1. The maximum absolute atomic E-state index is 13.2. The number of ether oxygens (including phenoxy) is 2. The van der Waals surface area contributed by atoms with Crippen molar-refractivity contribution < 1.29 is 27.8 Å². The van der Waals surface area contributed by atoms with Crippen LogP contribution in [0.4, 0.5) is 0 Å². The highest BCUT2D eigenvalue weighted by Crippen LogP contribution is 2.43. The van der Waals surface area contributed by atoms with Crippen molar-refractivity contribution in [2.45, 2.75) is 49.1 Å². The van der Waals surface area contributed by atoms with Crippen molar-refractivity contribution in [1.82, 2.24) is 4.31 Å². The summed E-state index contributed by atoms with van der Waals surface area (Å²) in [4.78, 5) is 11.6. The minimum Gasteiger partial charge on any atom is -0.548 e. The van der Waals surface area contributed by atoms with E-state index < -0.39 is 22.0 Å². The number of carboxylic acid groups (broad SMARTS) is 1. The average Bonchev–Trinajstić information content (AvgIpc) is 3.02. The van der Waals surface area contributed by atoms with E-state index in [0.717, 1.165) is 19.3 Å². The molecule has 0 radical (unpaired) electrons. The first-order valence-electron chi connectivity index (χ1n) is 8.62. The molecule has 0 aromatic heterocycles. The molecular weight excluding hydrogens is 346 g/mol. The van der Waals surface area contributed by atoms with Gasteiger partial charge in [-0.15, -0.1) is 0 Å². The third-order valence-electron chi connectivity index (χ3n) is 5.39. The normalized spacial score (nSPS) is 29.2. The fourth-order valence-electron chi connectivity index (χ4n) is 4.27. The molecule has 0 N–H and O–H groups in total. The van der Waals surface area contributed by atoms with Crippen LogP contribution in [0.25, 0.3) is 0 Å². The van der Waals surface area contributed by atoms with E-state index in [-0.39, 0.29) is 16.9 Å². The molecule has 3 aliphatic rings. The molecule has 4 rings (SSSR count). The third-order valence-corrected chi connectivity index (χ3v) is 7.32. The number of rotatable bonds is 3. The number of fused-ring (bicyclic) bond motifs is 2. The molecule has 0 amide bonds. The zero-order chi connectivity index (χ0) is 17.6. The van der Waals surface area contributed by atoms with Crippen LogP contribution in [0.3, 0.4) is 0 Å². The van der Waals surface area contributed by atoms with Gasteiger partial charge < -0.3 is 19.4 Å². The summed E-state index contributed by atoms with van der Waals surface area (Å²) in [6.45, 7) is 0.772. The first-order valence-corrected chi connectivity index (χ1v) is 10.1. The number of carbonyl (C=O) groups excluding carboxylic acids is 1.